The summed E-state index contributed by atoms with van der Waals surface area (Å²) in [5.74, 6) is -2.03. The van der Waals surface area contributed by atoms with Gasteiger partial charge in [-0.2, -0.15) is 0 Å². The Hall–Kier alpha value is -2.03. The number of thiazole rings is 1. The fraction of sp³-hybridized carbons (Fsp3) is 0. The van der Waals surface area contributed by atoms with Gasteiger partial charge < -0.3 is 0 Å². The molecule has 2 aromatic carbocycles. The number of sulfonamides is 1. The summed E-state index contributed by atoms with van der Waals surface area (Å²) >= 11 is 6.86. The van der Waals surface area contributed by atoms with Gasteiger partial charge in [0.1, 0.15) is 16.5 Å². The van der Waals surface area contributed by atoms with Crippen molar-refractivity contribution < 1.29 is 17.2 Å². The van der Waals surface area contributed by atoms with Crippen LogP contribution in [0.4, 0.5) is 13.9 Å². The highest BCUT2D eigenvalue weighted by molar-refractivity contribution is 7.93. The van der Waals surface area contributed by atoms with Gasteiger partial charge in [-0.1, -0.05) is 23.7 Å². The van der Waals surface area contributed by atoms with Crippen LogP contribution in [0.2, 0.25) is 5.02 Å². The maximum Gasteiger partial charge on any atom is 0.266 e. The van der Waals surface area contributed by atoms with Crippen molar-refractivity contribution in [2.45, 2.75) is 4.90 Å². The number of rotatable bonds is 4. The van der Waals surface area contributed by atoms with Crippen molar-refractivity contribution in [3.63, 3.8) is 0 Å². The molecule has 0 aliphatic heterocycles. The van der Waals surface area contributed by atoms with E-state index in [4.69, 9.17) is 11.6 Å². The molecule has 0 saturated heterocycles. The molecule has 0 saturated carbocycles. The first-order valence-corrected chi connectivity index (χ1v) is 9.28. The van der Waals surface area contributed by atoms with Gasteiger partial charge in [0.25, 0.3) is 10.0 Å². The second kappa shape index (κ2) is 6.46. The summed E-state index contributed by atoms with van der Waals surface area (Å²) in [5, 5.41) is 2.30. The molecule has 124 valence electrons. The van der Waals surface area contributed by atoms with Crippen molar-refractivity contribution in [2.75, 3.05) is 4.72 Å². The lowest BCUT2D eigenvalue weighted by Crippen LogP contribution is -2.14. The number of aromatic nitrogens is 1. The second-order valence-electron chi connectivity index (χ2n) is 4.73. The molecular weight excluding hydrogens is 378 g/mol. The third-order valence-corrected chi connectivity index (χ3v) is 5.56. The van der Waals surface area contributed by atoms with Crippen LogP contribution >= 0.6 is 22.9 Å². The van der Waals surface area contributed by atoms with E-state index in [1.807, 2.05) is 0 Å². The van der Waals surface area contributed by atoms with Crippen LogP contribution in [0.1, 0.15) is 0 Å². The van der Waals surface area contributed by atoms with E-state index in [1.54, 1.807) is 29.6 Å². The van der Waals surface area contributed by atoms with Crippen LogP contribution in [0.3, 0.4) is 0 Å². The number of anilines is 1. The van der Waals surface area contributed by atoms with Gasteiger partial charge in [0.05, 0.1) is 5.69 Å². The molecule has 1 aromatic heterocycles. The lowest BCUT2D eigenvalue weighted by molar-refractivity contribution is 0.551. The van der Waals surface area contributed by atoms with E-state index >= 15 is 0 Å². The lowest BCUT2D eigenvalue weighted by Gasteiger charge is -2.06. The van der Waals surface area contributed by atoms with Crippen LogP contribution in [0.5, 0.6) is 0 Å². The molecule has 0 spiro atoms. The van der Waals surface area contributed by atoms with Crippen LogP contribution in [-0.2, 0) is 10.0 Å². The summed E-state index contributed by atoms with van der Waals surface area (Å²) < 4.78 is 53.2. The van der Waals surface area contributed by atoms with Gasteiger partial charge in [-0.3, -0.25) is 4.72 Å². The smallest absolute Gasteiger partial charge is 0.255 e. The van der Waals surface area contributed by atoms with Crippen molar-refractivity contribution in [2.24, 2.45) is 0 Å². The van der Waals surface area contributed by atoms with Gasteiger partial charge in [0, 0.05) is 22.0 Å². The predicted molar refractivity (Wildman–Crippen MR) is 89.7 cm³/mol. The van der Waals surface area contributed by atoms with Crippen molar-refractivity contribution in [1.82, 2.24) is 4.98 Å². The zero-order valence-corrected chi connectivity index (χ0v) is 14.2. The van der Waals surface area contributed by atoms with Crippen LogP contribution in [0, 0.1) is 11.6 Å². The highest BCUT2D eigenvalue weighted by Gasteiger charge is 2.21. The molecule has 0 radical (unpaired) electrons. The number of hydrogen-bond donors (Lipinski definition) is 1. The van der Waals surface area contributed by atoms with Crippen LogP contribution in [0.25, 0.3) is 11.3 Å². The van der Waals surface area contributed by atoms with Crippen LogP contribution < -0.4 is 4.72 Å². The average Bonchev–Trinajstić information content (AvgIpc) is 2.95. The summed E-state index contributed by atoms with van der Waals surface area (Å²) in [6, 6.07) is 9.11. The Morgan fingerprint density at radius 1 is 1.08 bits per heavy atom. The minimum absolute atomic E-state index is 0.0728. The first-order chi connectivity index (χ1) is 11.3. The summed E-state index contributed by atoms with van der Waals surface area (Å²) in [6.45, 7) is 0. The molecule has 1 N–H and O–H groups in total. The van der Waals surface area contributed by atoms with E-state index in [1.165, 1.54) is 0 Å². The molecule has 0 aliphatic rings. The number of benzene rings is 2. The molecule has 0 atom stereocenters. The minimum atomic E-state index is -4.20. The van der Waals surface area contributed by atoms with Gasteiger partial charge >= 0.3 is 0 Å². The van der Waals surface area contributed by atoms with E-state index in [0.29, 0.717) is 16.8 Å². The first-order valence-electron chi connectivity index (χ1n) is 6.54. The molecule has 3 aromatic rings. The van der Waals surface area contributed by atoms with Crippen molar-refractivity contribution >= 4 is 38.1 Å². The molecule has 0 bridgehead atoms. The Bertz CT molecular complexity index is 989. The predicted octanol–water partition coefficient (Wildman–Crippen LogP) is 4.54. The molecule has 4 nitrogen and oxygen atoms in total. The number of nitrogens with zero attached hydrogens (tertiary/aromatic N) is 1. The van der Waals surface area contributed by atoms with E-state index in [-0.39, 0.29) is 5.13 Å². The third kappa shape index (κ3) is 3.55. The van der Waals surface area contributed by atoms with Gasteiger partial charge in [0.2, 0.25) is 0 Å². The molecule has 0 fully saturated rings. The van der Waals surface area contributed by atoms with E-state index in [9.17, 15) is 17.2 Å². The number of halogens is 3. The average molecular weight is 387 g/mol. The molecule has 24 heavy (non-hydrogen) atoms. The van der Waals surface area contributed by atoms with Gasteiger partial charge in [0.15, 0.2) is 5.13 Å². The van der Waals surface area contributed by atoms with Crippen molar-refractivity contribution in [3.8, 4) is 11.3 Å². The Balaban J connectivity index is 1.87. The standard InChI is InChI=1S/C15H9ClF2N2O2S2/c16-10-3-1-9(2-4-10)13-8-23-15(19-13)20-24(21,22)14-6-5-11(17)7-12(14)18/h1-8H,(H,19,20). The zero-order chi connectivity index (χ0) is 17.3. The van der Waals surface area contributed by atoms with Gasteiger partial charge in [-0.05, 0) is 24.3 Å². The normalized spacial score (nSPS) is 11.5. The third-order valence-electron chi connectivity index (χ3n) is 3.05. The highest BCUT2D eigenvalue weighted by atomic mass is 35.5. The summed E-state index contributed by atoms with van der Waals surface area (Å²) in [4.78, 5) is 3.51. The second-order valence-corrected chi connectivity index (χ2v) is 7.67. The largest absolute Gasteiger partial charge is 0.266 e. The molecule has 0 unspecified atom stereocenters. The van der Waals surface area contributed by atoms with Gasteiger partial charge in [-0.15, -0.1) is 11.3 Å². The maximum absolute atomic E-state index is 13.7. The molecule has 0 aliphatic carbocycles. The molecule has 9 heteroatoms. The molecule has 1 heterocycles. The Kier molecular flexibility index (Phi) is 4.53. The van der Waals surface area contributed by atoms with E-state index in [2.05, 4.69) is 9.71 Å². The molecule has 0 amide bonds. The topological polar surface area (TPSA) is 59.1 Å². The SMILES string of the molecule is O=S(=O)(Nc1nc(-c2ccc(Cl)cc2)cs1)c1ccc(F)cc1F. The summed E-state index contributed by atoms with van der Waals surface area (Å²) in [6.07, 6.45) is 0. The highest BCUT2D eigenvalue weighted by Crippen LogP contribution is 2.28. The Morgan fingerprint density at radius 2 is 1.79 bits per heavy atom. The summed E-state index contributed by atoms with van der Waals surface area (Å²) in [5.41, 5.74) is 1.31. The van der Waals surface area contributed by atoms with E-state index < -0.39 is 26.6 Å². The Morgan fingerprint density at radius 3 is 2.46 bits per heavy atom. The monoisotopic (exact) mass is 386 g/mol. The van der Waals surface area contributed by atoms with Gasteiger partial charge in [-0.25, -0.2) is 22.2 Å². The maximum atomic E-state index is 13.7. The molecule has 3 rings (SSSR count). The Labute approximate surface area is 145 Å². The zero-order valence-electron chi connectivity index (χ0n) is 11.8. The van der Waals surface area contributed by atoms with Crippen LogP contribution in [-0.4, -0.2) is 13.4 Å². The summed E-state index contributed by atoms with van der Waals surface area (Å²) in [7, 11) is -4.20. The van der Waals surface area contributed by atoms with Crippen molar-refractivity contribution in [3.05, 3.63) is 64.5 Å². The minimum Gasteiger partial charge on any atom is -0.255 e. The van der Waals surface area contributed by atoms with E-state index in [0.717, 1.165) is 29.0 Å². The lowest BCUT2D eigenvalue weighted by atomic mass is 10.2. The fourth-order valence-corrected chi connectivity index (χ4v) is 4.10. The first kappa shape index (κ1) is 16.8. The van der Waals surface area contributed by atoms with Crippen LogP contribution in [0.15, 0.2) is 52.7 Å². The quantitative estimate of drug-likeness (QED) is 0.716. The number of hydrogen-bond acceptors (Lipinski definition) is 4. The van der Waals surface area contributed by atoms with Crippen molar-refractivity contribution in [1.29, 1.82) is 0 Å². The number of nitrogens with one attached hydrogen (secondary N) is 1. The molecular formula is C15H9ClF2N2O2S2. The fourth-order valence-electron chi connectivity index (χ4n) is 1.94.